The van der Waals surface area contributed by atoms with Crippen LogP contribution in [0.4, 0.5) is 15.8 Å². The third-order valence-electron chi connectivity index (χ3n) is 6.78. The van der Waals surface area contributed by atoms with Crippen LogP contribution in [0.25, 0.3) is 11.3 Å². The highest BCUT2D eigenvalue weighted by Gasteiger charge is 2.36. The highest BCUT2D eigenvalue weighted by atomic mass is 19.1. The summed E-state index contributed by atoms with van der Waals surface area (Å²) in [7, 11) is 1.38. The van der Waals surface area contributed by atoms with E-state index in [2.05, 4.69) is 25.9 Å². The number of fused-ring (bicyclic) bond motifs is 1. The molecule has 188 valence electrons. The van der Waals surface area contributed by atoms with Crippen LogP contribution in [0.15, 0.2) is 36.7 Å². The van der Waals surface area contributed by atoms with E-state index in [0.717, 1.165) is 19.4 Å². The van der Waals surface area contributed by atoms with Crippen LogP contribution in [-0.4, -0.2) is 55.5 Å². The third-order valence-corrected chi connectivity index (χ3v) is 6.78. The van der Waals surface area contributed by atoms with Crippen molar-refractivity contribution in [1.29, 1.82) is 0 Å². The molecule has 2 atom stereocenters. The summed E-state index contributed by atoms with van der Waals surface area (Å²) in [6, 6.07) is 6.33. The number of nitrogens with one attached hydrogen (secondary N) is 4. The Morgan fingerprint density at radius 2 is 2.11 bits per heavy atom. The second kappa shape index (κ2) is 9.98. The van der Waals surface area contributed by atoms with Gasteiger partial charge in [0.05, 0.1) is 42.5 Å². The Hall–Kier alpha value is -3.92. The molecule has 0 saturated carbocycles. The molecule has 0 bridgehead atoms. The number of H-pyrrole nitrogens is 1. The summed E-state index contributed by atoms with van der Waals surface area (Å²) < 4.78 is 25.9. The van der Waals surface area contributed by atoms with Gasteiger partial charge in [0.2, 0.25) is 0 Å². The summed E-state index contributed by atoms with van der Waals surface area (Å²) in [5.74, 6) is -0.441. The maximum absolute atomic E-state index is 14.5. The van der Waals surface area contributed by atoms with E-state index >= 15 is 0 Å². The number of nitrogens with zero attached hydrogens (tertiary/aromatic N) is 1. The number of aromatic amines is 1. The number of amides is 1. The Balaban J connectivity index is 1.66. The van der Waals surface area contributed by atoms with E-state index in [1.807, 2.05) is 6.92 Å². The summed E-state index contributed by atoms with van der Waals surface area (Å²) in [6.07, 6.45) is 4.16. The van der Waals surface area contributed by atoms with Gasteiger partial charge in [-0.2, -0.15) is 0 Å². The molecular weight excluding hydrogens is 465 g/mol. The molecule has 0 spiro atoms. The fourth-order valence-corrected chi connectivity index (χ4v) is 4.62. The van der Waals surface area contributed by atoms with E-state index in [9.17, 15) is 14.0 Å². The molecule has 1 aromatic carbocycles. The third kappa shape index (κ3) is 4.28. The van der Waals surface area contributed by atoms with Crippen LogP contribution in [0.1, 0.15) is 28.9 Å². The Morgan fingerprint density at radius 1 is 1.28 bits per heavy atom. The average molecular weight is 494 g/mol. The number of pyridine rings is 1. The summed E-state index contributed by atoms with van der Waals surface area (Å²) in [6.45, 7) is 4.45. The van der Waals surface area contributed by atoms with Crippen LogP contribution >= 0.6 is 0 Å². The zero-order valence-electron chi connectivity index (χ0n) is 20.1. The lowest BCUT2D eigenvalue weighted by Crippen LogP contribution is -2.45. The first-order valence-electron chi connectivity index (χ1n) is 11.9. The second-order valence-electron chi connectivity index (χ2n) is 9.13. The highest BCUT2D eigenvalue weighted by Crippen LogP contribution is 2.44. The van der Waals surface area contributed by atoms with Crippen molar-refractivity contribution in [2.24, 2.45) is 11.8 Å². The predicted molar refractivity (Wildman–Crippen MR) is 132 cm³/mol. The van der Waals surface area contributed by atoms with Gasteiger partial charge < -0.3 is 35.2 Å². The van der Waals surface area contributed by atoms with Gasteiger partial charge in [-0.25, -0.2) is 4.39 Å². The quantitative estimate of drug-likeness (QED) is 0.338. The van der Waals surface area contributed by atoms with E-state index in [1.54, 1.807) is 30.6 Å². The van der Waals surface area contributed by atoms with Gasteiger partial charge in [-0.1, -0.05) is 13.0 Å². The number of benzene rings is 1. The van der Waals surface area contributed by atoms with Crippen molar-refractivity contribution in [3.63, 3.8) is 0 Å². The molecule has 1 saturated heterocycles. The highest BCUT2D eigenvalue weighted by molar-refractivity contribution is 6.07. The SMILES string of the molecule is COc1c(F)cccc1Nc1c(-c2ccncc2OCC2CNC2)[nH]c2c1C(=O)NCC2C(C)C=O. The van der Waals surface area contributed by atoms with Crippen LogP contribution < -0.4 is 25.4 Å². The number of para-hydroxylation sites is 1. The molecule has 10 heteroatoms. The van der Waals surface area contributed by atoms with E-state index in [4.69, 9.17) is 9.47 Å². The van der Waals surface area contributed by atoms with Crippen molar-refractivity contribution < 1.29 is 23.5 Å². The normalized spacial score (nSPS) is 18.0. The largest absolute Gasteiger partial charge is 0.492 e. The van der Waals surface area contributed by atoms with Crippen LogP contribution in [0.2, 0.25) is 0 Å². The smallest absolute Gasteiger partial charge is 0.255 e. The number of ether oxygens (including phenoxy) is 2. The fraction of sp³-hybridized carbons (Fsp3) is 0.346. The average Bonchev–Trinajstić information content (AvgIpc) is 3.23. The van der Waals surface area contributed by atoms with E-state index in [1.165, 1.54) is 13.2 Å². The first-order valence-corrected chi connectivity index (χ1v) is 11.9. The zero-order valence-corrected chi connectivity index (χ0v) is 20.1. The molecule has 1 fully saturated rings. The molecule has 2 unspecified atom stereocenters. The van der Waals surface area contributed by atoms with Crippen molar-refractivity contribution >= 4 is 23.6 Å². The van der Waals surface area contributed by atoms with Crippen LogP contribution in [0, 0.1) is 17.7 Å². The molecule has 0 aliphatic carbocycles. The van der Waals surface area contributed by atoms with Crippen LogP contribution in [0.3, 0.4) is 0 Å². The van der Waals surface area contributed by atoms with Crippen LogP contribution in [-0.2, 0) is 4.79 Å². The van der Waals surface area contributed by atoms with Crippen LogP contribution in [0.5, 0.6) is 11.5 Å². The Bertz CT molecular complexity index is 1290. The summed E-state index contributed by atoms with van der Waals surface area (Å²) in [5, 5.41) is 9.35. The first kappa shape index (κ1) is 23.8. The Morgan fingerprint density at radius 3 is 2.83 bits per heavy atom. The Labute approximate surface area is 207 Å². The van der Waals surface area contributed by atoms with Crippen molar-refractivity contribution in [1.82, 2.24) is 20.6 Å². The molecule has 9 nitrogen and oxygen atoms in total. The minimum absolute atomic E-state index is 0.0242. The summed E-state index contributed by atoms with van der Waals surface area (Å²) in [4.78, 5) is 32.5. The van der Waals surface area contributed by atoms with Gasteiger partial charge in [0.15, 0.2) is 11.6 Å². The van der Waals surface area contributed by atoms with Gasteiger partial charge in [0.25, 0.3) is 5.91 Å². The molecule has 4 N–H and O–H groups in total. The standard InChI is InChI=1S/C26H28FN5O4/c1-14(12-33)17-10-30-26(34)21-22(17)32-23(24(21)31-19-5-3-4-18(27)25(19)35-2)16-6-7-28-11-20(16)36-13-15-8-29-9-15/h3-7,11-12,14-15,17,29,31-32H,8-10,13H2,1-2H3,(H,30,34). The predicted octanol–water partition coefficient (Wildman–Crippen LogP) is 3.23. The minimum Gasteiger partial charge on any atom is -0.492 e. The second-order valence-corrected chi connectivity index (χ2v) is 9.13. The van der Waals surface area contributed by atoms with Gasteiger partial charge in [0.1, 0.15) is 12.0 Å². The lowest BCUT2D eigenvalue weighted by molar-refractivity contribution is -0.111. The monoisotopic (exact) mass is 493 g/mol. The maximum Gasteiger partial charge on any atom is 0.255 e. The molecule has 2 aliphatic rings. The number of rotatable bonds is 9. The molecule has 2 aliphatic heterocycles. The molecule has 36 heavy (non-hydrogen) atoms. The Kier molecular flexibility index (Phi) is 6.60. The number of carbonyl (C=O) groups is 2. The lowest BCUT2D eigenvalue weighted by atomic mass is 9.87. The number of hydrogen-bond donors (Lipinski definition) is 4. The first-order chi connectivity index (χ1) is 17.5. The van der Waals surface area contributed by atoms with Gasteiger partial charge in [0, 0.05) is 54.8 Å². The number of aldehydes is 1. The van der Waals surface area contributed by atoms with Gasteiger partial charge in [-0.3, -0.25) is 9.78 Å². The molecule has 5 rings (SSSR count). The lowest BCUT2D eigenvalue weighted by Gasteiger charge is -2.27. The summed E-state index contributed by atoms with van der Waals surface area (Å²) in [5.41, 5.74) is 3.07. The van der Waals surface area contributed by atoms with Gasteiger partial charge >= 0.3 is 0 Å². The number of methoxy groups -OCH3 is 1. The minimum atomic E-state index is -0.535. The number of hydrogen-bond acceptors (Lipinski definition) is 7. The van der Waals surface area contributed by atoms with Gasteiger partial charge in [-0.05, 0) is 18.2 Å². The molecule has 2 aromatic heterocycles. The molecule has 1 amide bonds. The van der Waals surface area contributed by atoms with Crippen molar-refractivity contribution in [2.75, 3.05) is 38.7 Å². The zero-order chi connectivity index (χ0) is 25.2. The van der Waals surface area contributed by atoms with E-state index < -0.39 is 5.82 Å². The maximum atomic E-state index is 14.5. The van der Waals surface area contributed by atoms with Crippen molar-refractivity contribution in [2.45, 2.75) is 12.8 Å². The van der Waals surface area contributed by atoms with E-state index in [0.29, 0.717) is 58.7 Å². The molecule has 4 heterocycles. The van der Waals surface area contributed by atoms with Gasteiger partial charge in [-0.15, -0.1) is 0 Å². The number of anilines is 2. The fourth-order valence-electron chi connectivity index (χ4n) is 4.62. The summed E-state index contributed by atoms with van der Waals surface area (Å²) >= 11 is 0. The molecule has 0 radical (unpaired) electrons. The van der Waals surface area contributed by atoms with Crippen molar-refractivity contribution in [3.8, 4) is 22.8 Å². The number of halogens is 1. The molecule has 3 aromatic rings. The topological polar surface area (TPSA) is 117 Å². The number of carbonyl (C=O) groups excluding carboxylic acids is 2. The number of aromatic nitrogens is 2. The van der Waals surface area contributed by atoms with Crippen molar-refractivity contribution in [3.05, 3.63) is 53.7 Å². The van der Waals surface area contributed by atoms with E-state index in [-0.39, 0.29) is 23.5 Å². The molecular formula is C26H28FN5O4.